The SMILES string of the molecule is Cc1ccccc1N(C)C(=O)COc1cccc(N)c1. The first kappa shape index (κ1) is 13.9. The smallest absolute Gasteiger partial charge is 0.264 e. The van der Waals surface area contributed by atoms with E-state index in [-0.39, 0.29) is 12.5 Å². The Balaban J connectivity index is 2.00. The fourth-order valence-corrected chi connectivity index (χ4v) is 1.92. The molecular formula is C16H18N2O2. The number of likely N-dealkylation sites (N-methyl/N-ethyl adjacent to an activating group) is 1. The Bertz CT molecular complexity index is 611. The standard InChI is InChI=1S/C16H18N2O2/c1-12-6-3-4-9-15(12)18(2)16(19)11-20-14-8-5-7-13(17)10-14/h3-10H,11,17H2,1-2H3. The van der Waals surface area contributed by atoms with Crippen molar-refractivity contribution >= 4 is 17.3 Å². The number of carbonyl (C=O) groups excluding carboxylic acids is 1. The van der Waals surface area contributed by atoms with Gasteiger partial charge in [0.15, 0.2) is 6.61 Å². The molecule has 0 saturated heterocycles. The normalized spacial score (nSPS) is 10.1. The van der Waals surface area contributed by atoms with Crippen molar-refractivity contribution in [1.29, 1.82) is 0 Å². The van der Waals surface area contributed by atoms with Crippen molar-refractivity contribution < 1.29 is 9.53 Å². The number of rotatable bonds is 4. The molecule has 4 heteroatoms. The molecule has 0 bridgehead atoms. The van der Waals surface area contributed by atoms with Gasteiger partial charge < -0.3 is 15.4 Å². The Labute approximate surface area is 118 Å². The number of hydrogen-bond acceptors (Lipinski definition) is 3. The van der Waals surface area contributed by atoms with Gasteiger partial charge in [-0.1, -0.05) is 24.3 Å². The molecule has 2 rings (SSSR count). The second-order valence-electron chi connectivity index (χ2n) is 4.60. The fraction of sp³-hybridized carbons (Fsp3) is 0.188. The van der Waals surface area contributed by atoms with Crippen molar-refractivity contribution in [2.45, 2.75) is 6.92 Å². The third-order valence-corrected chi connectivity index (χ3v) is 3.07. The van der Waals surface area contributed by atoms with Crippen LogP contribution < -0.4 is 15.4 Å². The zero-order valence-corrected chi connectivity index (χ0v) is 11.7. The first-order valence-corrected chi connectivity index (χ1v) is 6.38. The number of carbonyl (C=O) groups is 1. The zero-order valence-electron chi connectivity index (χ0n) is 11.7. The molecule has 2 N–H and O–H groups in total. The number of aryl methyl sites for hydroxylation is 1. The van der Waals surface area contributed by atoms with Crippen molar-refractivity contribution in [3.05, 3.63) is 54.1 Å². The molecule has 0 fully saturated rings. The Morgan fingerprint density at radius 1 is 1.20 bits per heavy atom. The lowest BCUT2D eigenvalue weighted by Gasteiger charge is -2.19. The average molecular weight is 270 g/mol. The van der Waals surface area contributed by atoms with E-state index in [1.54, 1.807) is 36.2 Å². The predicted molar refractivity (Wildman–Crippen MR) is 80.9 cm³/mol. The first-order chi connectivity index (χ1) is 9.58. The summed E-state index contributed by atoms with van der Waals surface area (Å²) in [6.45, 7) is 1.95. The molecule has 0 radical (unpaired) electrons. The number of amides is 1. The van der Waals surface area contributed by atoms with Crippen LogP contribution in [0.25, 0.3) is 0 Å². The highest BCUT2D eigenvalue weighted by atomic mass is 16.5. The molecule has 2 aromatic rings. The van der Waals surface area contributed by atoms with E-state index in [0.29, 0.717) is 11.4 Å². The highest BCUT2D eigenvalue weighted by molar-refractivity contribution is 5.94. The van der Waals surface area contributed by atoms with E-state index in [1.807, 2.05) is 31.2 Å². The highest BCUT2D eigenvalue weighted by Crippen LogP contribution is 2.19. The Hall–Kier alpha value is -2.49. The fourth-order valence-electron chi connectivity index (χ4n) is 1.92. The summed E-state index contributed by atoms with van der Waals surface area (Å²) in [5.41, 5.74) is 8.20. The molecule has 0 spiro atoms. The van der Waals surface area contributed by atoms with Crippen LogP contribution in [0, 0.1) is 6.92 Å². The maximum absolute atomic E-state index is 12.1. The molecule has 1 amide bonds. The Morgan fingerprint density at radius 3 is 2.65 bits per heavy atom. The average Bonchev–Trinajstić information content (AvgIpc) is 2.44. The summed E-state index contributed by atoms with van der Waals surface area (Å²) in [6, 6.07) is 14.8. The number of para-hydroxylation sites is 1. The van der Waals surface area contributed by atoms with Crippen LogP contribution in [0.1, 0.15) is 5.56 Å². The Morgan fingerprint density at radius 2 is 1.95 bits per heavy atom. The van der Waals surface area contributed by atoms with Gasteiger partial charge in [0, 0.05) is 24.5 Å². The van der Waals surface area contributed by atoms with Crippen LogP contribution in [-0.4, -0.2) is 19.6 Å². The molecular weight excluding hydrogens is 252 g/mol. The lowest BCUT2D eigenvalue weighted by Crippen LogP contribution is -2.31. The van der Waals surface area contributed by atoms with Crippen LogP contribution in [0.4, 0.5) is 11.4 Å². The van der Waals surface area contributed by atoms with Crippen molar-refractivity contribution in [3.8, 4) is 5.75 Å². The van der Waals surface area contributed by atoms with Crippen LogP contribution in [0.5, 0.6) is 5.75 Å². The van der Waals surface area contributed by atoms with Gasteiger partial charge in [-0.25, -0.2) is 0 Å². The molecule has 0 aliphatic carbocycles. The quantitative estimate of drug-likeness (QED) is 0.869. The van der Waals surface area contributed by atoms with Crippen molar-refractivity contribution in [3.63, 3.8) is 0 Å². The minimum Gasteiger partial charge on any atom is -0.484 e. The van der Waals surface area contributed by atoms with Crippen LogP contribution in [0.15, 0.2) is 48.5 Å². The predicted octanol–water partition coefficient (Wildman–Crippen LogP) is 2.62. The molecule has 4 nitrogen and oxygen atoms in total. The Kier molecular flexibility index (Phi) is 4.25. The maximum Gasteiger partial charge on any atom is 0.264 e. The van der Waals surface area contributed by atoms with Crippen LogP contribution >= 0.6 is 0 Å². The lowest BCUT2D eigenvalue weighted by atomic mass is 10.2. The van der Waals surface area contributed by atoms with E-state index < -0.39 is 0 Å². The lowest BCUT2D eigenvalue weighted by molar-refractivity contribution is -0.120. The largest absolute Gasteiger partial charge is 0.484 e. The van der Waals surface area contributed by atoms with E-state index in [1.165, 1.54) is 0 Å². The molecule has 104 valence electrons. The van der Waals surface area contributed by atoms with Crippen molar-refractivity contribution in [2.24, 2.45) is 0 Å². The summed E-state index contributed by atoms with van der Waals surface area (Å²) in [5.74, 6) is 0.484. The molecule has 0 atom stereocenters. The third-order valence-electron chi connectivity index (χ3n) is 3.07. The molecule has 2 aromatic carbocycles. The van der Waals surface area contributed by atoms with Gasteiger partial charge in [0.1, 0.15) is 5.75 Å². The van der Waals surface area contributed by atoms with Crippen molar-refractivity contribution in [1.82, 2.24) is 0 Å². The molecule has 0 aliphatic rings. The second-order valence-corrected chi connectivity index (χ2v) is 4.60. The van der Waals surface area contributed by atoms with Gasteiger partial charge in [-0.05, 0) is 30.7 Å². The summed E-state index contributed by atoms with van der Waals surface area (Å²) < 4.78 is 5.46. The van der Waals surface area contributed by atoms with Crippen LogP contribution in [-0.2, 0) is 4.79 Å². The van der Waals surface area contributed by atoms with Gasteiger partial charge in [0.25, 0.3) is 5.91 Å². The van der Waals surface area contributed by atoms with E-state index in [4.69, 9.17) is 10.5 Å². The van der Waals surface area contributed by atoms with Crippen LogP contribution in [0.3, 0.4) is 0 Å². The van der Waals surface area contributed by atoms with Gasteiger partial charge in [-0.15, -0.1) is 0 Å². The number of nitrogens with zero attached hydrogens (tertiary/aromatic N) is 1. The highest BCUT2D eigenvalue weighted by Gasteiger charge is 2.13. The number of nitrogen functional groups attached to an aromatic ring is 1. The molecule has 0 heterocycles. The maximum atomic E-state index is 12.1. The topological polar surface area (TPSA) is 55.6 Å². The van der Waals surface area contributed by atoms with Gasteiger partial charge in [0.2, 0.25) is 0 Å². The number of ether oxygens (including phenoxy) is 1. The number of nitrogens with two attached hydrogens (primary N) is 1. The van der Waals surface area contributed by atoms with Gasteiger partial charge in [-0.3, -0.25) is 4.79 Å². The van der Waals surface area contributed by atoms with E-state index in [0.717, 1.165) is 11.3 Å². The molecule has 0 aromatic heterocycles. The molecule has 0 aliphatic heterocycles. The van der Waals surface area contributed by atoms with Gasteiger partial charge >= 0.3 is 0 Å². The monoisotopic (exact) mass is 270 g/mol. The molecule has 20 heavy (non-hydrogen) atoms. The number of anilines is 2. The third kappa shape index (κ3) is 3.29. The summed E-state index contributed by atoms with van der Waals surface area (Å²) in [4.78, 5) is 13.7. The summed E-state index contributed by atoms with van der Waals surface area (Å²) >= 11 is 0. The van der Waals surface area contributed by atoms with Crippen LogP contribution in [0.2, 0.25) is 0 Å². The summed E-state index contributed by atoms with van der Waals surface area (Å²) in [7, 11) is 1.74. The zero-order chi connectivity index (χ0) is 14.5. The van der Waals surface area contributed by atoms with E-state index >= 15 is 0 Å². The van der Waals surface area contributed by atoms with E-state index in [2.05, 4.69) is 0 Å². The number of benzene rings is 2. The van der Waals surface area contributed by atoms with Gasteiger partial charge in [-0.2, -0.15) is 0 Å². The summed E-state index contributed by atoms with van der Waals surface area (Å²) in [6.07, 6.45) is 0. The first-order valence-electron chi connectivity index (χ1n) is 6.38. The second kappa shape index (κ2) is 6.10. The molecule has 0 saturated carbocycles. The van der Waals surface area contributed by atoms with Gasteiger partial charge in [0.05, 0.1) is 0 Å². The summed E-state index contributed by atoms with van der Waals surface area (Å²) in [5, 5.41) is 0. The van der Waals surface area contributed by atoms with Crippen molar-refractivity contribution in [2.75, 3.05) is 24.3 Å². The molecule has 0 unspecified atom stereocenters. The minimum absolute atomic E-state index is 0.0196. The number of hydrogen-bond donors (Lipinski definition) is 1. The minimum atomic E-state index is -0.110. The van der Waals surface area contributed by atoms with E-state index in [9.17, 15) is 4.79 Å².